The van der Waals surface area contributed by atoms with E-state index in [2.05, 4.69) is 10.3 Å². The molecule has 0 spiro atoms. The summed E-state index contributed by atoms with van der Waals surface area (Å²) in [5.41, 5.74) is -2.32. The molecule has 1 amide bonds. The largest absolute Gasteiger partial charge is 0.417 e. The number of alkyl halides is 3. The number of hydrogen-bond acceptors (Lipinski definition) is 6. The van der Waals surface area contributed by atoms with E-state index in [1.165, 1.54) is 19.2 Å². The van der Waals surface area contributed by atoms with Crippen LogP contribution in [0.2, 0.25) is 0 Å². The fourth-order valence-electron chi connectivity index (χ4n) is 4.35. The van der Waals surface area contributed by atoms with E-state index in [1.54, 1.807) is 0 Å². The molecule has 7 nitrogen and oxygen atoms in total. The van der Waals surface area contributed by atoms with Gasteiger partial charge in [0.1, 0.15) is 11.4 Å². The Bertz CT molecular complexity index is 1290. The molecule has 2 aliphatic rings. The number of carbonyl (C=O) groups excluding carboxylic acids is 1. The molecule has 3 atom stereocenters. The number of benzene rings is 1. The van der Waals surface area contributed by atoms with Crippen LogP contribution in [0.3, 0.4) is 0 Å². The summed E-state index contributed by atoms with van der Waals surface area (Å²) in [4.78, 5) is 15.6. The van der Waals surface area contributed by atoms with Gasteiger partial charge in [-0.2, -0.15) is 18.4 Å². The number of nitriles is 1. The van der Waals surface area contributed by atoms with Crippen molar-refractivity contribution in [3.63, 3.8) is 0 Å². The highest BCUT2D eigenvalue weighted by Gasteiger charge is 2.51. The van der Waals surface area contributed by atoms with Crippen LogP contribution >= 0.6 is 0 Å². The van der Waals surface area contributed by atoms with Crippen molar-refractivity contribution in [2.75, 3.05) is 7.11 Å². The van der Waals surface area contributed by atoms with Crippen molar-refractivity contribution in [2.24, 2.45) is 5.92 Å². The molecule has 0 bridgehead atoms. The van der Waals surface area contributed by atoms with Gasteiger partial charge in [-0.1, -0.05) is 6.07 Å². The van der Waals surface area contributed by atoms with Gasteiger partial charge in [-0.05, 0) is 49.9 Å². The van der Waals surface area contributed by atoms with Crippen molar-refractivity contribution >= 4 is 15.7 Å². The molecule has 1 aromatic carbocycles. The molecular formula is C23H21F4N3O4S. The van der Waals surface area contributed by atoms with Crippen LogP contribution in [0.15, 0.2) is 41.4 Å². The normalized spacial score (nSPS) is 23.5. The van der Waals surface area contributed by atoms with Gasteiger partial charge in [0.05, 0.1) is 45.7 Å². The van der Waals surface area contributed by atoms with Crippen LogP contribution in [0.5, 0.6) is 0 Å². The van der Waals surface area contributed by atoms with Gasteiger partial charge in [0.15, 0.2) is 9.84 Å². The molecule has 0 unspecified atom stereocenters. The van der Waals surface area contributed by atoms with E-state index >= 15 is 0 Å². The molecule has 12 heteroatoms. The minimum absolute atomic E-state index is 0.0269. The second-order valence-electron chi connectivity index (χ2n) is 8.77. The summed E-state index contributed by atoms with van der Waals surface area (Å²) in [5, 5.41) is 10.5. The van der Waals surface area contributed by atoms with Crippen molar-refractivity contribution in [3.05, 3.63) is 47.9 Å². The number of ether oxygens (including phenoxy) is 1. The van der Waals surface area contributed by atoms with Crippen molar-refractivity contribution < 1.29 is 35.5 Å². The molecule has 1 N–H and O–H groups in total. The standard InChI is InChI=1S/C23H21F4N3O4S/c1-34-19-10-15(9-16(19)21(31)30-22(12-28)6-7-22)35(32,33)20-5-2-13(8-17(20)23(25,26)27)18-4-3-14(24)11-29-18/h2-5,8,11,15-16,19H,6-7,9-10H2,1H3,(H,30,31)/t15-,16-,19-/m0/s1. The summed E-state index contributed by atoms with van der Waals surface area (Å²) in [6.07, 6.45) is -4.44. The van der Waals surface area contributed by atoms with E-state index in [0.717, 1.165) is 18.3 Å². The van der Waals surface area contributed by atoms with Gasteiger partial charge in [-0.3, -0.25) is 9.78 Å². The van der Waals surface area contributed by atoms with Gasteiger partial charge in [0.2, 0.25) is 5.91 Å². The molecule has 0 aliphatic heterocycles. The third-order valence-corrected chi connectivity index (χ3v) is 8.71. The van der Waals surface area contributed by atoms with Crippen LogP contribution in [0.1, 0.15) is 31.2 Å². The minimum atomic E-state index is -5.00. The molecule has 35 heavy (non-hydrogen) atoms. The number of pyridine rings is 1. The zero-order valence-electron chi connectivity index (χ0n) is 18.5. The van der Waals surface area contributed by atoms with Crippen molar-refractivity contribution in [2.45, 2.75) is 53.6 Å². The lowest BCUT2D eigenvalue weighted by atomic mass is 10.0. The lowest BCUT2D eigenvalue weighted by Gasteiger charge is -2.19. The Morgan fingerprint density at radius 1 is 1.23 bits per heavy atom. The summed E-state index contributed by atoms with van der Waals surface area (Å²) >= 11 is 0. The number of hydrogen-bond donors (Lipinski definition) is 1. The van der Waals surface area contributed by atoms with Crippen LogP contribution in [-0.2, 0) is 25.5 Å². The van der Waals surface area contributed by atoms with Crippen molar-refractivity contribution in [1.29, 1.82) is 5.26 Å². The molecule has 0 saturated heterocycles. The van der Waals surface area contributed by atoms with E-state index in [4.69, 9.17) is 4.74 Å². The first kappa shape index (κ1) is 25.1. The van der Waals surface area contributed by atoms with E-state index in [0.29, 0.717) is 18.9 Å². The molecule has 0 radical (unpaired) electrons. The first-order chi connectivity index (χ1) is 16.4. The number of sulfone groups is 1. The zero-order valence-corrected chi connectivity index (χ0v) is 19.3. The summed E-state index contributed by atoms with van der Waals surface area (Å²) in [7, 11) is -3.23. The number of methoxy groups -OCH3 is 1. The average Bonchev–Trinajstić information content (AvgIpc) is 3.44. The molecule has 186 valence electrons. The second kappa shape index (κ2) is 8.87. The summed E-state index contributed by atoms with van der Waals surface area (Å²) in [5.74, 6) is -2.15. The Kier molecular flexibility index (Phi) is 6.36. The smallest absolute Gasteiger partial charge is 0.381 e. The maximum Gasteiger partial charge on any atom is 0.417 e. The third-order valence-electron chi connectivity index (χ3n) is 6.48. The topological polar surface area (TPSA) is 109 Å². The average molecular weight is 511 g/mol. The third kappa shape index (κ3) is 4.88. The Morgan fingerprint density at radius 3 is 2.49 bits per heavy atom. The number of carbonyl (C=O) groups is 1. The van der Waals surface area contributed by atoms with Crippen molar-refractivity contribution in [3.8, 4) is 17.3 Å². The monoisotopic (exact) mass is 511 g/mol. The highest BCUT2D eigenvalue weighted by Crippen LogP contribution is 2.42. The summed E-state index contributed by atoms with van der Waals surface area (Å²) < 4.78 is 87.0. The maximum absolute atomic E-state index is 13.9. The fourth-order valence-corrected chi connectivity index (χ4v) is 6.35. The minimum Gasteiger partial charge on any atom is -0.381 e. The quantitative estimate of drug-likeness (QED) is 0.593. The first-order valence-electron chi connectivity index (χ1n) is 10.7. The van der Waals surface area contributed by atoms with E-state index < -0.39 is 61.0 Å². The van der Waals surface area contributed by atoms with Gasteiger partial charge < -0.3 is 10.1 Å². The van der Waals surface area contributed by atoms with Gasteiger partial charge in [-0.15, -0.1) is 0 Å². The second-order valence-corrected chi connectivity index (χ2v) is 11.0. The number of halogens is 4. The SMILES string of the molecule is CO[C@H]1C[C@@H](S(=O)(=O)c2ccc(-c3ccc(F)cn3)cc2C(F)(F)F)C[C@@H]1C(=O)NC1(C#N)CC1. The lowest BCUT2D eigenvalue weighted by molar-refractivity contribution is -0.139. The molecule has 1 aromatic heterocycles. The van der Waals surface area contributed by atoms with Gasteiger partial charge in [0.25, 0.3) is 0 Å². The van der Waals surface area contributed by atoms with Gasteiger partial charge in [-0.25, -0.2) is 12.8 Å². The Morgan fingerprint density at radius 2 is 1.94 bits per heavy atom. The fraction of sp³-hybridized carbons (Fsp3) is 0.435. The molecule has 2 aromatic rings. The number of nitrogens with one attached hydrogen (secondary N) is 1. The molecule has 1 heterocycles. The predicted octanol–water partition coefficient (Wildman–Crippen LogP) is 3.65. The summed E-state index contributed by atoms with van der Waals surface area (Å²) in [6.45, 7) is 0. The Balaban J connectivity index is 1.66. The maximum atomic E-state index is 13.9. The van der Waals surface area contributed by atoms with E-state index in [1.807, 2.05) is 6.07 Å². The molecule has 4 rings (SSSR count). The van der Waals surface area contributed by atoms with Crippen LogP contribution in [0.25, 0.3) is 11.3 Å². The van der Waals surface area contributed by atoms with Crippen molar-refractivity contribution in [1.82, 2.24) is 10.3 Å². The van der Waals surface area contributed by atoms with Crippen LogP contribution in [-0.4, -0.2) is 43.3 Å². The molecular weight excluding hydrogens is 490 g/mol. The zero-order chi connectivity index (χ0) is 25.6. The van der Waals surface area contributed by atoms with Gasteiger partial charge >= 0.3 is 6.18 Å². The molecule has 2 aliphatic carbocycles. The number of aromatic nitrogens is 1. The molecule has 2 saturated carbocycles. The lowest BCUT2D eigenvalue weighted by Crippen LogP contribution is -2.42. The predicted molar refractivity (Wildman–Crippen MR) is 115 cm³/mol. The number of nitrogens with zero attached hydrogens (tertiary/aromatic N) is 2. The van der Waals surface area contributed by atoms with Gasteiger partial charge in [0, 0.05) is 12.7 Å². The van der Waals surface area contributed by atoms with Crippen LogP contribution in [0, 0.1) is 23.1 Å². The Hall–Kier alpha value is -3.04. The number of rotatable bonds is 6. The van der Waals surface area contributed by atoms with Crippen LogP contribution < -0.4 is 5.32 Å². The highest BCUT2D eigenvalue weighted by atomic mass is 32.2. The Labute approximate surface area is 199 Å². The number of amides is 1. The highest BCUT2D eigenvalue weighted by molar-refractivity contribution is 7.92. The summed E-state index contributed by atoms with van der Waals surface area (Å²) in [6, 6.07) is 6.95. The molecule has 2 fully saturated rings. The first-order valence-corrected chi connectivity index (χ1v) is 12.3. The van der Waals surface area contributed by atoms with E-state index in [9.17, 15) is 36.0 Å². The van der Waals surface area contributed by atoms with E-state index in [-0.39, 0.29) is 24.1 Å². The van der Waals surface area contributed by atoms with Crippen LogP contribution in [0.4, 0.5) is 17.6 Å².